The molecule has 2 fully saturated rings. The van der Waals surface area contributed by atoms with Crippen LogP contribution < -0.4 is 0 Å². The molecule has 2 rings (SSSR count). The van der Waals surface area contributed by atoms with Gasteiger partial charge in [-0.15, -0.1) is 0 Å². The van der Waals surface area contributed by atoms with E-state index in [1.165, 1.54) is 6.42 Å². The first-order valence-electron chi connectivity index (χ1n) is 8.04. The summed E-state index contributed by atoms with van der Waals surface area (Å²) < 4.78 is 0. The van der Waals surface area contributed by atoms with Gasteiger partial charge in [-0.1, -0.05) is 26.7 Å². The zero-order chi connectivity index (χ0) is 14.7. The van der Waals surface area contributed by atoms with Crippen molar-refractivity contribution in [3.05, 3.63) is 0 Å². The molecule has 1 heterocycles. The fourth-order valence-corrected chi connectivity index (χ4v) is 3.78. The zero-order valence-electron chi connectivity index (χ0n) is 12.7. The summed E-state index contributed by atoms with van der Waals surface area (Å²) in [4.78, 5) is 25.8. The summed E-state index contributed by atoms with van der Waals surface area (Å²) >= 11 is 0. The van der Waals surface area contributed by atoms with E-state index in [1.54, 1.807) is 4.90 Å². The molecule has 0 aromatic carbocycles. The maximum atomic E-state index is 12.5. The van der Waals surface area contributed by atoms with E-state index in [4.69, 9.17) is 0 Å². The van der Waals surface area contributed by atoms with E-state index in [2.05, 4.69) is 13.8 Å². The van der Waals surface area contributed by atoms with E-state index in [-0.39, 0.29) is 11.9 Å². The molecule has 0 spiro atoms. The van der Waals surface area contributed by atoms with Crippen molar-refractivity contribution in [2.24, 2.45) is 11.8 Å². The third-order valence-corrected chi connectivity index (χ3v) is 4.88. The van der Waals surface area contributed by atoms with Crippen molar-refractivity contribution < 1.29 is 14.7 Å². The van der Waals surface area contributed by atoms with Gasteiger partial charge in [-0.25, -0.2) is 4.79 Å². The third-order valence-electron chi connectivity index (χ3n) is 4.88. The van der Waals surface area contributed by atoms with Crippen LogP contribution in [0.1, 0.15) is 65.2 Å². The van der Waals surface area contributed by atoms with Gasteiger partial charge in [-0.3, -0.25) is 4.79 Å². The molecule has 1 saturated carbocycles. The molecule has 0 aromatic heterocycles. The average molecular weight is 281 g/mol. The second kappa shape index (κ2) is 6.59. The van der Waals surface area contributed by atoms with Gasteiger partial charge in [0, 0.05) is 12.5 Å². The summed E-state index contributed by atoms with van der Waals surface area (Å²) in [5.41, 5.74) is 0. The zero-order valence-corrected chi connectivity index (χ0v) is 12.7. The normalized spacial score (nSPS) is 30.1. The second-order valence-electron chi connectivity index (χ2n) is 6.78. The average Bonchev–Trinajstić information content (AvgIpc) is 2.43. The molecule has 0 bridgehead atoms. The molecule has 114 valence electrons. The van der Waals surface area contributed by atoms with Gasteiger partial charge in [0.05, 0.1) is 0 Å². The van der Waals surface area contributed by atoms with Crippen LogP contribution in [0.3, 0.4) is 0 Å². The fraction of sp³-hybridized carbons (Fsp3) is 0.875. The van der Waals surface area contributed by atoms with Crippen LogP contribution in [0.15, 0.2) is 0 Å². The first-order chi connectivity index (χ1) is 9.50. The van der Waals surface area contributed by atoms with Crippen LogP contribution in [-0.4, -0.2) is 34.0 Å². The van der Waals surface area contributed by atoms with Crippen molar-refractivity contribution in [3.8, 4) is 0 Å². The monoisotopic (exact) mass is 281 g/mol. The van der Waals surface area contributed by atoms with Gasteiger partial charge >= 0.3 is 5.97 Å². The number of carbonyl (C=O) groups is 2. The number of hydrogen-bond acceptors (Lipinski definition) is 2. The van der Waals surface area contributed by atoms with Crippen LogP contribution in [0.2, 0.25) is 0 Å². The van der Waals surface area contributed by atoms with E-state index in [1.807, 2.05) is 0 Å². The number of rotatable bonds is 4. The summed E-state index contributed by atoms with van der Waals surface area (Å²) in [5.74, 6) is 0.242. The largest absolute Gasteiger partial charge is 0.480 e. The number of likely N-dealkylation sites (tertiary alicyclic amines) is 1. The molecule has 1 aliphatic carbocycles. The summed E-state index contributed by atoms with van der Waals surface area (Å²) in [6, 6.07) is -0.410. The Hall–Kier alpha value is -1.06. The van der Waals surface area contributed by atoms with Gasteiger partial charge in [-0.2, -0.15) is 0 Å². The van der Waals surface area contributed by atoms with Crippen LogP contribution in [0, 0.1) is 11.8 Å². The maximum Gasteiger partial charge on any atom is 0.326 e. The number of carbonyl (C=O) groups excluding carboxylic acids is 1. The number of carboxylic acid groups (broad SMARTS) is 1. The molecule has 1 N–H and O–H groups in total. The topological polar surface area (TPSA) is 57.6 Å². The number of aliphatic carboxylic acids is 1. The molecule has 3 unspecified atom stereocenters. The van der Waals surface area contributed by atoms with Gasteiger partial charge < -0.3 is 10.0 Å². The molecular weight excluding hydrogens is 254 g/mol. The smallest absolute Gasteiger partial charge is 0.326 e. The Balaban J connectivity index is 2.12. The van der Waals surface area contributed by atoms with Crippen LogP contribution in [0.4, 0.5) is 0 Å². The highest BCUT2D eigenvalue weighted by atomic mass is 16.4. The van der Waals surface area contributed by atoms with Gasteiger partial charge in [0.1, 0.15) is 6.04 Å². The van der Waals surface area contributed by atoms with Crippen molar-refractivity contribution in [1.82, 2.24) is 4.90 Å². The van der Waals surface area contributed by atoms with E-state index in [0.717, 1.165) is 32.1 Å². The lowest BCUT2D eigenvalue weighted by molar-refractivity contribution is -0.158. The SMILES string of the molecule is CC(C)CCC(=O)N1C(C(=O)O)CCC2CCCCC21. The molecule has 3 atom stereocenters. The molecule has 1 saturated heterocycles. The van der Waals surface area contributed by atoms with E-state index in [0.29, 0.717) is 24.7 Å². The van der Waals surface area contributed by atoms with Crippen LogP contribution in [-0.2, 0) is 9.59 Å². The van der Waals surface area contributed by atoms with Crippen LogP contribution in [0.25, 0.3) is 0 Å². The summed E-state index contributed by atoms with van der Waals surface area (Å²) in [6.07, 6.45) is 7.43. The highest BCUT2D eigenvalue weighted by Gasteiger charge is 2.43. The number of hydrogen-bond donors (Lipinski definition) is 1. The van der Waals surface area contributed by atoms with Crippen LogP contribution >= 0.6 is 0 Å². The van der Waals surface area contributed by atoms with Gasteiger partial charge in [0.25, 0.3) is 0 Å². The number of carboxylic acids is 1. The second-order valence-corrected chi connectivity index (χ2v) is 6.78. The molecule has 4 heteroatoms. The molecule has 1 amide bonds. The van der Waals surface area contributed by atoms with E-state index < -0.39 is 12.0 Å². The number of fused-ring (bicyclic) bond motifs is 1. The Bertz CT molecular complexity index is 367. The molecule has 20 heavy (non-hydrogen) atoms. The van der Waals surface area contributed by atoms with Crippen molar-refractivity contribution >= 4 is 11.9 Å². The molecule has 0 radical (unpaired) electrons. The predicted molar refractivity (Wildman–Crippen MR) is 77.3 cm³/mol. The van der Waals surface area contributed by atoms with Gasteiger partial charge in [0.2, 0.25) is 5.91 Å². The maximum absolute atomic E-state index is 12.5. The number of piperidine rings is 1. The minimum absolute atomic E-state index is 0.0581. The van der Waals surface area contributed by atoms with Crippen molar-refractivity contribution in [2.45, 2.75) is 77.3 Å². The first-order valence-corrected chi connectivity index (χ1v) is 8.04. The highest BCUT2D eigenvalue weighted by Crippen LogP contribution is 2.38. The summed E-state index contributed by atoms with van der Waals surface area (Å²) in [7, 11) is 0. The Labute approximate surface area is 121 Å². The van der Waals surface area contributed by atoms with Crippen molar-refractivity contribution in [3.63, 3.8) is 0 Å². The predicted octanol–water partition coefficient (Wildman–Crippen LogP) is 3.06. The summed E-state index contributed by atoms with van der Waals surface area (Å²) in [6.45, 7) is 4.20. The Morgan fingerprint density at radius 3 is 2.50 bits per heavy atom. The first kappa shape index (κ1) is 15.3. The fourth-order valence-electron chi connectivity index (χ4n) is 3.78. The minimum atomic E-state index is -0.827. The number of nitrogens with zero attached hydrogens (tertiary/aromatic N) is 1. The van der Waals surface area contributed by atoms with E-state index >= 15 is 0 Å². The van der Waals surface area contributed by atoms with Gasteiger partial charge in [0.15, 0.2) is 0 Å². The highest BCUT2D eigenvalue weighted by molar-refractivity contribution is 5.84. The number of amides is 1. The third kappa shape index (κ3) is 3.33. The Morgan fingerprint density at radius 2 is 1.85 bits per heavy atom. The standard InChI is InChI=1S/C16H27NO3/c1-11(2)7-10-15(18)17-13-6-4-3-5-12(13)8-9-14(17)16(19)20/h11-14H,3-10H2,1-2H3,(H,19,20). The molecule has 0 aromatic rings. The minimum Gasteiger partial charge on any atom is -0.480 e. The van der Waals surface area contributed by atoms with Crippen molar-refractivity contribution in [1.29, 1.82) is 0 Å². The van der Waals surface area contributed by atoms with E-state index in [9.17, 15) is 14.7 Å². The Morgan fingerprint density at radius 1 is 1.15 bits per heavy atom. The van der Waals surface area contributed by atoms with Crippen molar-refractivity contribution in [2.75, 3.05) is 0 Å². The lowest BCUT2D eigenvalue weighted by Crippen LogP contribution is -2.57. The summed E-state index contributed by atoms with van der Waals surface area (Å²) in [5, 5.41) is 9.43. The van der Waals surface area contributed by atoms with Gasteiger partial charge in [-0.05, 0) is 43.9 Å². The van der Waals surface area contributed by atoms with Crippen LogP contribution in [0.5, 0.6) is 0 Å². The lowest BCUT2D eigenvalue weighted by atomic mass is 9.76. The molecular formula is C16H27NO3. The quantitative estimate of drug-likeness (QED) is 0.861. The molecule has 2 aliphatic rings. The Kier molecular flexibility index (Phi) is 5.06. The lowest BCUT2D eigenvalue weighted by Gasteiger charge is -2.47. The molecule has 1 aliphatic heterocycles. The molecule has 4 nitrogen and oxygen atoms in total.